The second kappa shape index (κ2) is 9.32. The van der Waals surface area contributed by atoms with Crippen LogP contribution in [-0.2, 0) is 9.53 Å². The summed E-state index contributed by atoms with van der Waals surface area (Å²) in [6.45, 7) is 4.03. The molecular weight excluding hydrogens is 646 g/mol. The fourth-order valence-corrected chi connectivity index (χ4v) is 5.93. The van der Waals surface area contributed by atoms with Gasteiger partial charge in [-0.1, -0.05) is 108 Å². The van der Waals surface area contributed by atoms with Crippen molar-refractivity contribution in [2.75, 3.05) is 0 Å². The predicted octanol–water partition coefficient (Wildman–Crippen LogP) is 7.46. The van der Waals surface area contributed by atoms with Gasteiger partial charge in [0.05, 0.1) is 9.65 Å². The lowest BCUT2D eigenvalue weighted by atomic mass is 10.1. The minimum Gasteiger partial charge on any atom is -0.457 e. The number of benzene rings is 2. The van der Waals surface area contributed by atoms with E-state index >= 15 is 0 Å². The van der Waals surface area contributed by atoms with Crippen LogP contribution in [0.4, 0.5) is 0 Å². The number of rotatable bonds is 7. The SMILES string of the molecule is CC1(C)[C@H](C(=O)O[C@H](C#N)c2cccc(Oc3ccccc3)c2)[C@@H]1C(Br)(Br)C(Br)Br. The molecule has 0 heterocycles. The molecule has 8 heteroatoms. The summed E-state index contributed by atoms with van der Waals surface area (Å²) in [7, 11) is 0. The Morgan fingerprint density at radius 1 is 1.10 bits per heavy atom. The molecule has 0 N–H and O–H groups in total. The Morgan fingerprint density at radius 3 is 2.33 bits per heavy atom. The van der Waals surface area contributed by atoms with Crippen LogP contribution in [0.15, 0.2) is 54.6 Å². The first-order valence-corrected chi connectivity index (χ1v) is 12.6. The summed E-state index contributed by atoms with van der Waals surface area (Å²) in [5.41, 5.74) is 0.277. The van der Waals surface area contributed by atoms with E-state index in [9.17, 15) is 10.1 Å². The lowest BCUT2D eigenvalue weighted by molar-refractivity contribution is -0.149. The third-order valence-corrected chi connectivity index (χ3v) is 11.1. The van der Waals surface area contributed by atoms with E-state index in [1.54, 1.807) is 24.3 Å². The van der Waals surface area contributed by atoms with E-state index in [1.807, 2.05) is 44.2 Å². The van der Waals surface area contributed by atoms with Crippen LogP contribution in [-0.4, -0.2) is 12.9 Å². The van der Waals surface area contributed by atoms with Crippen LogP contribution in [0.2, 0.25) is 0 Å². The van der Waals surface area contributed by atoms with Gasteiger partial charge in [0.15, 0.2) is 0 Å². The number of nitriles is 1. The number of carbonyl (C=O) groups is 1. The maximum Gasteiger partial charge on any atom is 0.311 e. The Hall–Kier alpha value is -0.880. The zero-order valence-corrected chi connectivity index (χ0v) is 22.5. The largest absolute Gasteiger partial charge is 0.457 e. The van der Waals surface area contributed by atoms with E-state index in [4.69, 9.17) is 9.47 Å². The first-order valence-electron chi connectivity index (χ1n) is 9.18. The van der Waals surface area contributed by atoms with Gasteiger partial charge in [0.2, 0.25) is 6.10 Å². The summed E-state index contributed by atoms with van der Waals surface area (Å²) in [6, 6.07) is 18.5. The highest BCUT2D eigenvalue weighted by atomic mass is 79.9. The summed E-state index contributed by atoms with van der Waals surface area (Å²) < 4.78 is 10.8. The number of ether oxygens (including phenoxy) is 2. The van der Waals surface area contributed by atoms with Crippen LogP contribution < -0.4 is 4.74 Å². The standard InChI is InChI=1S/C22H19Br4NO3/c1-21(2)17(18(21)22(25,26)20(23)24)19(28)30-16(12-27)13-7-6-10-15(11-13)29-14-8-4-3-5-9-14/h3-11,16-18,20H,1-2H3/t16-,17+,18+/m1/s1. The van der Waals surface area contributed by atoms with Gasteiger partial charge in [0, 0.05) is 11.5 Å². The fraction of sp³-hybridized carbons (Fsp3) is 0.364. The first kappa shape index (κ1) is 23.8. The lowest BCUT2D eigenvalue weighted by Crippen LogP contribution is -2.26. The van der Waals surface area contributed by atoms with Gasteiger partial charge in [0.1, 0.15) is 20.8 Å². The number of alkyl halides is 4. The van der Waals surface area contributed by atoms with Crippen molar-refractivity contribution < 1.29 is 14.3 Å². The molecule has 2 aromatic carbocycles. The number of carbonyl (C=O) groups excluding carboxylic acids is 1. The molecule has 4 nitrogen and oxygen atoms in total. The average Bonchev–Trinajstić information content (AvgIpc) is 3.30. The highest BCUT2D eigenvalue weighted by molar-refractivity contribution is 9.30. The molecule has 1 saturated carbocycles. The monoisotopic (exact) mass is 661 g/mol. The van der Waals surface area contributed by atoms with E-state index in [0.29, 0.717) is 17.1 Å². The number of esters is 1. The fourth-order valence-electron chi connectivity index (χ4n) is 3.66. The second-order valence-corrected chi connectivity index (χ2v) is 14.4. The molecule has 158 valence electrons. The molecule has 0 aliphatic heterocycles. The number of hydrogen-bond donors (Lipinski definition) is 0. The molecule has 0 unspecified atom stereocenters. The quantitative estimate of drug-likeness (QED) is 0.228. The van der Waals surface area contributed by atoms with Gasteiger partial charge >= 0.3 is 5.97 Å². The molecule has 3 rings (SSSR count). The van der Waals surface area contributed by atoms with Gasteiger partial charge in [-0.25, -0.2) is 0 Å². The molecule has 0 amide bonds. The number of para-hydroxylation sites is 1. The maximum atomic E-state index is 12.9. The van der Waals surface area contributed by atoms with Crippen molar-refractivity contribution >= 4 is 69.7 Å². The molecule has 1 aliphatic carbocycles. The molecular formula is C22H19Br4NO3. The Morgan fingerprint density at radius 2 is 1.73 bits per heavy atom. The van der Waals surface area contributed by atoms with Gasteiger partial charge in [-0.05, 0) is 29.7 Å². The smallest absolute Gasteiger partial charge is 0.311 e. The summed E-state index contributed by atoms with van der Waals surface area (Å²) in [5.74, 6) is 0.477. The summed E-state index contributed by atoms with van der Waals surface area (Å²) in [4.78, 5) is 12.9. The van der Waals surface area contributed by atoms with E-state index < -0.39 is 15.3 Å². The van der Waals surface area contributed by atoms with Gasteiger partial charge in [0.25, 0.3) is 0 Å². The van der Waals surface area contributed by atoms with E-state index in [0.717, 1.165) is 0 Å². The summed E-state index contributed by atoms with van der Waals surface area (Å²) in [6.07, 6.45) is -1.02. The zero-order chi connectivity index (χ0) is 22.1. The topological polar surface area (TPSA) is 59.3 Å². The summed E-state index contributed by atoms with van der Waals surface area (Å²) in [5, 5.41) is 9.65. The molecule has 1 fully saturated rings. The normalized spacial score (nSPS) is 20.9. The van der Waals surface area contributed by atoms with E-state index in [-0.39, 0.29) is 21.0 Å². The molecule has 0 radical (unpaired) electrons. The summed E-state index contributed by atoms with van der Waals surface area (Å²) >= 11 is 14.3. The van der Waals surface area contributed by atoms with Crippen molar-refractivity contribution in [3.63, 3.8) is 0 Å². The maximum absolute atomic E-state index is 12.9. The number of nitrogens with zero attached hydrogens (tertiary/aromatic N) is 1. The van der Waals surface area contributed by atoms with Crippen LogP contribution in [0.1, 0.15) is 25.5 Å². The lowest BCUT2D eigenvalue weighted by Gasteiger charge is -2.24. The number of hydrogen-bond acceptors (Lipinski definition) is 4. The average molecular weight is 665 g/mol. The van der Waals surface area contributed by atoms with E-state index in [2.05, 4.69) is 69.8 Å². The van der Waals surface area contributed by atoms with Crippen LogP contribution in [0, 0.1) is 28.6 Å². The molecule has 3 atom stereocenters. The number of halogens is 4. The van der Waals surface area contributed by atoms with Gasteiger partial charge in [-0.15, -0.1) is 0 Å². The molecule has 0 spiro atoms. The van der Waals surface area contributed by atoms with Crippen molar-refractivity contribution in [1.82, 2.24) is 0 Å². The molecule has 1 aliphatic rings. The minimum absolute atomic E-state index is 0.0339. The first-order chi connectivity index (χ1) is 14.1. The second-order valence-electron chi connectivity index (χ2n) is 7.69. The highest BCUT2D eigenvalue weighted by Gasteiger charge is 2.70. The Labute approximate surface area is 209 Å². The Kier molecular flexibility index (Phi) is 7.38. The van der Waals surface area contributed by atoms with Crippen LogP contribution >= 0.6 is 63.7 Å². The van der Waals surface area contributed by atoms with Crippen molar-refractivity contribution in [3.8, 4) is 17.6 Å². The van der Waals surface area contributed by atoms with Gasteiger partial charge in [-0.3, -0.25) is 4.79 Å². The molecule has 30 heavy (non-hydrogen) atoms. The highest BCUT2D eigenvalue weighted by Crippen LogP contribution is 2.69. The third kappa shape index (κ3) is 4.95. The van der Waals surface area contributed by atoms with Crippen LogP contribution in [0.5, 0.6) is 11.5 Å². The third-order valence-electron chi connectivity index (χ3n) is 5.28. The van der Waals surface area contributed by atoms with Crippen molar-refractivity contribution in [3.05, 3.63) is 60.2 Å². The Bertz CT molecular complexity index is 956. The zero-order valence-electron chi connectivity index (χ0n) is 16.2. The van der Waals surface area contributed by atoms with Crippen molar-refractivity contribution in [2.45, 2.75) is 26.9 Å². The molecule has 0 saturated heterocycles. The van der Waals surface area contributed by atoms with E-state index in [1.165, 1.54) is 0 Å². The van der Waals surface area contributed by atoms with Gasteiger partial charge in [-0.2, -0.15) is 5.26 Å². The molecule has 0 bridgehead atoms. The minimum atomic E-state index is -1.02. The molecule has 2 aromatic rings. The van der Waals surface area contributed by atoms with Crippen molar-refractivity contribution in [2.24, 2.45) is 17.3 Å². The van der Waals surface area contributed by atoms with Gasteiger partial charge < -0.3 is 9.47 Å². The molecule has 0 aromatic heterocycles. The van der Waals surface area contributed by atoms with Crippen molar-refractivity contribution in [1.29, 1.82) is 5.26 Å². The predicted molar refractivity (Wildman–Crippen MR) is 130 cm³/mol. The van der Waals surface area contributed by atoms with Crippen LogP contribution in [0.3, 0.4) is 0 Å². The van der Waals surface area contributed by atoms with Crippen LogP contribution in [0.25, 0.3) is 0 Å². The Balaban J connectivity index is 1.74.